The highest BCUT2D eigenvalue weighted by molar-refractivity contribution is 5.43. The standard InChI is InChI=1S/C24H32N6O3/c1-28-20(15-27-24(28)30-10-7-26-17-30)23-19(16-31)3-2-8-29(23)9-6-25-14-18-4-5-21-22(13-18)33-12-11-32-21/h4-5,7,10,13,15,17,19,23,25,31H,2-3,6,8-9,11-12,14,16H2,1H3. The van der Waals surface area contributed by atoms with Crippen LogP contribution in [0.15, 0.2) is 43.1 Å². The van der Waals surface area contributed by atoms with Gasteiger partial charge in [0.25, 0.3) is 0 Å². The molecule has 9 heteroatoms. The molecular formula is C24H32N6O3. The molecule has 3 aromatic rings. The fourth-order valence-corrected chi connectivity index (χ4v) is 4.98. The van der Waals surface area contributed by atoms with Gasteiger partial charge in [0, 0.05) is 51.6 Å². The first kappa shape index (κ1) is 21.9. The Morgan fingerprint density at radius 2 is 2.09 bits per heavy atom. The number of aliphatic hydroxyl groups excluding tert-OH is 1. The summed E-state index contributed by atoms with van der Waals surface area (Å²) in [4.78, 5) is 11.3. The van der Waals surface area contributed by atoms with E-state index in [9.17, 15) is 5.11 Å². The maximum atomic E-state index is 10.1. The van der Waals surface area contributed by atoms with Crippen LogP contribution in [0.1, 0.15) is 30.1 Å². The number of hydrogen-bond donors (Lipinski definition) is 2. The minimum absolute atomic E-state index is 0.134. The lowest BCUT2D eigenvalue weighted by molar-refractivity contribution is 0.0517. The van der Waals surface area contributed by atoms with Crippen LogP contribution in [-0.4, -0.2) is 68.6 Å². The van der Waals surface area contributed by atoms with E-state index in [1.165, 1.54) is 5.56 Å². The van der Waals surface area contributed by atoms with Crippen LogP contribution in [0.3, 0.4) is 0 Å². The monoisotopic (exact) mass is 452 g/mol. The van der Waals surface area contributed by atoms with Crippen LogP contribution in [0.25, 0.3) is 5.95 Å². The molecule has 1 fully saturated rings. The normalized spacial score (nSPS) is 20.8. The molecule has 2 atom stereocenters. The number of aliphatic hydroxyl groups is 1. The Hall–Kier alpha value is -2.88. The fourth-order valence-electron chi connectivity index (χ4n) is 4.98. The number of likely N-dealkylation sites (tertiary alicyclic amines) is 1. The molecule has 2 aromatic heterocycles. The van der Waals surface area contributed by atoms with Crippen molar-refractivity contribution in [2.24, 2.45) is 13.0 Å². The molecule has 1 saturated heterocycles. The van der Waals surface area contributed by atoms with Crippen molar-refractivity contribution in [3.8, 4) is 17.4 Å². The molecule has 0 spiro atoms. The van der Waals surface area contributed by atoms with E-state index in [0.717, 1.165) is 62.2 Å². The van der Waals surface area contributed by atoms with Crippen LogP contribution in [0.4, 0.5) is 0 Å². The lowest BCUT2D eigenvalue weighted by Gasteiger charge is -2.41. The Morgan fingerprint density at radius 3 is 2.91 bits per heavy atom. The molecule has 0 radical (unpaired) electrons. The van der Waals surface area contributed by atoms with Crippen LogP contribution in [0.5, 0.6) is 11.5 Å². The fraction of sp³-hybridized carbons (Fsp3) is 0.500. The Balaban J connectivity index is 1.24. The summed E-state index contributed by atoms with van der Waals surface area (Å²) in [7, 11) is 2.04. The van der Waals surface area contributed by atoms with Gasteiger partial charge in [-0.05, 0) is 37.1 Å². The van der Waals surface area contributed by atoms with E-state index in [2.05, 4.69) is 36.9 Å². The lowest BCUT2D eigenvalue weighted by Crippen LogP contribution is -2.44. The van der Waals surface area contributed by atoms with E-state index < -0.39 is 0 Å². The number of nitrogens with zero attached hydrogens (tertiary/aromatic N) is 5. The molecule has 9 nitrogen and oxygen atoms in total. The van der Waals surface area contributed by atoms with Gasteiger partial charge in [0.1, 0.15) is 19.5 Å². The summed E-state index contributed by atoms with van der Waals surface area (Å²) in [5.74, 6) is 2.68. The van der Waals surface area contributed by atoms with Crippen molar-refractivity contribution in [2.75, 3.05) is 39.5 Å². The molecule has 176 valence electrons. The predicted molar refractivity (Wildman–Crippen MR) is 124 cm³/mol. The SMILES string of the molecule is Cn1c(C2C(CO)CCCN2CCNCc2ccc3c(c2)OCCO3)cnc1-n1ccnc1. The van der Waals surface area contributed by atoms with Gasteiger partial charge in [-0.2, -0.15) is 0 Å². The molecule has 0 amide bonds. The quantitative estimate of drug-likeness (QED) is 0.505. The van der Waals surface area contributed by atoms with E-state index in [4.69, 9.17) is 9.47 Å². The molecule has 0 bridgehead atoms. The van der Waals surface area contributed by atoms with Gasteiger partial charge >= 0.3 is 0 Å². The number of hydrogen-bond acceptors (Lipinski definition) is 7. The Bertz CT molecular complexity index is 1050. The zero-order valence-electron chi connectivity index (χ0n) is 19.1. The van der Waals surface area contributed by atoms with Crippen LogP contribution in [-0.2, 0) is 13.6 Å². The highest BCUT2D eigenvalue weighted by atomic mass is 16.6. The van der Waals surface area contributed by atoms with Gasteiger partial charge in [-0.15, -0.1) is 0 Å². The van der Waals surface area contributed by atoms with Crippen LogP contribution >= 0.6 is 0 Å². The number of ether oxygens (including phenoxy) is 2. The zero-order valence-corrected chi connectivity index (χ0v) is 19.1. The molecule has 2 unspecified atom stereocenters. The van der Waals surface area contributed by atoms with Crippen molar-refractivity contribution in [2.45, 2.75) is 25.4 Å². The third kappa shape index (κ3) is 4.62. The number of fused-ring (bicyclic) bond motifs is 1. The van der Waals surface area contributed by atoms with E-state index in [-0.39, 0.29) is 18.6 Å². The lowest BCUT2D eigenvalue weighted by atomic mass is 9.87. The van der Waals surface area contributed by atoms with Crippen molar-refractivity contribution in [1.29, 1.82) is 0 Å². The maximum absolute atomic E-state index is 10.1. The van der Waals surface area contributed by atoms with Crippen molar-refractivity contribution in [3.05, 3.63) is 54.4 Å². The summed E-state index contributed by atoms with van der Waals surface area (Å²) in [6, 6.07) is 6.26. The zero-order chi connectivity index (χ0) is 22.6. The molecular weight excluding hydrogens is 420 g/mol. The first-order valence-electron chi connectivity index (χ1n) is 11.7. The Kier molecular flexibility index (Phi) is 6.61. The maximum Gasteiger partial charge on any atom is 0.215 e. The van der Waals surface area contributed by atoms with Crippen molar-refractivity contribution >= 4 is 0 Å². The van der Waals surface area contributed by atoms with Crippen LogP contribution in [0.2, 0.25) is 0 Å². The molecule has 2 aliphatic rings. The van der Waals surface area contributed by atoms with E-state index >= 15 is 0 Å². The second-order valence-corrected chi connectivity index (χ2v) is 8.73. The van der Waals surface area contributed by atoms with Gasteiger partial charge in [-0.25, -0.2) is 9.97 Å². The summed E-state index contributed by atoms with van der Waals surface area (Å²) in [5.41, 5.74) is 2.31. The smallest absolute Gasteiger partial charge is 0.215 e. The van der Waals surface area contributed by atoms with Crippen LogP contribution < -0.4 is 14.8 Å². The van der Waals surface area contributed by atoms with Gasteiger partial charge in [-0.1, -0.05) is 6.07 Å². The predicted octanol–water partition coefficient (Wildman–Crippen LogP) is 1.91. The third-order valence-corrected chi connectivity index (χ3v) is 6.64. The molecule has 4 heterocycles. The largest absolute Gasteiger partial charge is 0.486 e. The van der Waals surface area contributed by atoms with Gasteiger partial charge in [-0.3, -0.25) is 9.47 Å². The summed E-state index contributed by atoms with van der Waals surface area (Å²) < 4.78 is 15.3. The van der Waals surface area contributed by atoms with E-state index in [0.29, 0.717) is 13.2 Å². The van der Waals surface area contributed by atoms with Gasteiger partial charge in [0.2, 0.25) is 5.95 Å². The van der Waals surface area contributed by atoms with E-state index in [1.807, 2.05) is 30.1 Å². The van der Waals surface area contributed by atoms with Gasteiger partial charge < -0.3 is 24.5 Å². The molecule has 2 N–H and O–H groups in total. The number of benzene rings is 1. The average Bonchev–Trinajstić information content (AvgIpc) is 3.51. The molecule has 0 aliphatic carbocycles. The Morgan fingerprint density at radius 1 is 1.21 bits per heavy atom. The minimum atomic E-state index is 0.134. The molecule has 5 rings (SSSR count). The number of aromatic nitrogens is 4. The number of nitrogens with one attached hydrogen (secondary N) is 1. The highest BCUT2D eigenvalue weighted by Gasteiger charge is 2.34. The van der Waals surface area contributed by atoms with Gasteiger partial charge in [0.15, 0.2) is 11.5 Å². The topological polar surface area (TPSA) is 89.6 Å². The summed E-state index contributed by atoms with van der Waals surface area (Å²) in [6.07, 6.45) is 9.48. The van der Waals surface area contributed by atoms with Crippen LogP contribution in [0, 0.1) is 5.92 Å². The molecule has 0 saturated carbocycles. The first-order chi connectivity index (χ1) is 16.2. The Labute approximate surface area is 194 Å². The third-order valence-electron chi connectivity index (χ3n) is 6.64. The minimum Gasteiger partial charge on any atom is -0.486 e. The molecule has 2 aliphatic heterocycles. The van der Waals surface area contributed by atoms with Crippen molar-refractivity contribution in [3.63, 3.8) is 0 Å². The van der Waals surface area contributed by atoms with Gasteiger partial charge in [0.05, 0.1) is 17.9 Å². The number of imidazole rings is 2. The first-order valence-corrected chi connectivity index (χ1v) is 11.7. The number of rotatable bonds is 8. The molecule has 33 heavy (non-hydrogen) atoms. The summed E-state index contributed by atoms with van der Waals surface area (Å²) in [5, 5.41) is 13.7. The summed E-state index contributed by atoms with van der Waals surface area (Å²) in [6.45, 7) is 4.93. The van der Waals surface area contributed by atoms with E-state index in [1.54, 1.807) is 12.5 Å². The second-order valence-electron chi connectivity index (χ2n) is 8.73. The van der Waals surface area contributed by atoms with Crippen molar-refractivity contribution < 1.29 is 14.6 Å². The average molecular weight is 453 g/mol. The second kappa shape index (κ2) is 9.94. The number of piperidine rings is 1. The van der Waals surface area contributed by atoms with Crippen molar-refractivity contribution in [1.82, 2.24) is 29.3 Å². The highest BCUT2D eigenvalue weighted by Crippen LogP contribution is 2.36. The summed E-state index contributed by atoms with van der Waals surface area (Å²) >= 11 is 0. The molecule has 1 aromatic carbocycles.